The standard InChI is InChI=1S/C17H22FN5/c1-13(2)21-16-11-17(20-12-19-16)23-9-7-22(8-10-23)15-6-4-3-5-14(15)18/h3-6,11-13H,7-10H2,1-2H3,(H,19,20,21). The minimum atomic E-state index is -0.161. The van der Waals surface area contributed by atoms with E-state index < -0.39 is 0 Å². The normalized spacial score (nSPS) is 15.1. The van der Waals surface area contributed by atoms with Crippen LogP contribution in [0.25, 0.3) is 0 Å². The highest BCUT2D eigenvalue weighted by Crippen LogP contribution is 2.22. The number of benzene rings is 1. The van der Waals surface area contributed by atoms with Crippen LogP contribution in [0.3, 0.4) is 0 Å². The molecule has 6 heteroatoms. The summed E-state index contributed by atoms with van der Waals surface area (Å²) < 4.78 is 13.9. The van der Waals surface area contributed by atoms with Crippen LogP contribution in [0.2, 0.25) is 0 Å². The molecular formula is C17H22FN5. The number of nitrogens with zero attached hydrogens (tertiary/aromatic N) is 4. The first-order valence-electron chi connectivity index (χ1n) is 7.96. The average Bonchev–Trinajstić information content (AvgIpc) is 2.55. The molecule has 1 aromatic carbocycles. The Morgan fingerprint density at radius 2 is 1.74 bits per heavy atom. The van der Waals surface area contributed by atoms with Crippen molar-refractivity contribution in [3.63, 3.8) is 0 Å². The van der Waals surface area contributed by atoms with Crippen LogP contribution in [0.5, 0.6) is 0 Å². The van der Waals surface area contributed by atoms with Crippen molar-refractivity contribution in [3.8, 4) is 0 Å². The van der Waals surface area contributed by atoms with E-state index in [1.807, 2.05) is 18.2 Å². The van der Waals surface area contributed by atoms with Crippen molar-refractivity contribution in [2.75, 3.05) is 41.3 Å². The SMILES string of the molecule is CC(C)Nc1cc(N2CCN(c3ccccc3F)CC2)ncn1. The summed E-state index contributed by atoms with van der Waals surface area (Å²) in [6, 6.07) is 9.24. The Kier molecular flexibility index (Phi) is 4.60. The number of piperazine rings is 1. The van der Waals surface area contributed by atoms with Crippen LogP contribution in [-0.4, -0.2) is 42.2 Å². The predicted octanol–water partition coefficient (Wildman–Crippen LogP) is 2.76. The number of para-hydroxylation sites is 1. The molecule has 5 nitrogen and oxygen atoms in total. The Morgan fingerprint density at radius 1 is 1.04 bits per heavy atom. The lowest BCUT2D eigenvalue weighted by atomic mass is 10.2. The molecule has 0 radical (unpaired) electrons. The summed E-state index contributed by atoms with van der Waals surface area (Å²) in [4.78, 5) is 12.9. The first kappa shape index (κ1) is 15.5. The van der Waals surface area contributed by atoms with Gasteiger partial charge in [0.25, 0.3) is 0 Å². The number of hydrogen-bond acceptors (Lipinski definition) is 5. The van der Waals surface area contributed by atoms with Crippen molar-refractivity contribution in [1.82, 2.24) is 9.97 Å². The fourth-order valence-electron chi connectivity index (χ4n) is 2.78. The third-order valence-corrected chi connectivity index (χ3v) is 3.89. The summed E-state index contributed by atoms with van der Waals surface area (Å²) in [6.07, 6.45) is 1.59. The lowest BCUT2D eigenvalue weighted by Crippen LogP contribution is -2.47. The van der Waals surface area contributed by atoms with Crippen LogP contribution in [0, 0.1) is 5.82 Å². The summed E-state index contributed by atoms with van der Waals surface area (Å²) in [5, 5.41) is 3.29. The molecule has 1 aromatic heterocycles. The topological polar surface area (TPSA) is 44.3 Å². The van der Waals surface area contributed by atoms with Crippen molar-refractivity contribution in [1.29, 1.82) is 0 Å². The fraction of sp³-hybridized carbons (Fsp3) is 0.412. The van der Waals surface area contributed by atoms with Crippen molar-refractivity contribution in [2.45, 2.75) is 19.9 Å². The zero-order valence-corrected chi connectivity index (χ0v) is 13.5. The molecule has 3 rings (SSSR count). The lowest BCUT2D eigenvalue weighted by molar-refractivity contribution is 0.596. The van der Waals surface area contributed by atoms with Gasteiger partial charge >= 0.3 is 0 Å². The molecule has 2 heterocycles. The first-order valence-corrected chi connectivity index (χ1v) is 7.96. The average molecular weight is 315 g/mol. The van der Waals surface area contributed by atoms with Crippen LogP contribution in [0.15, 0.2) is 36.7 Å². The third-order valence-electron chi connectivity index (χ3n) is 3.89. The van der Waals surface area contributed by atoms with Gasteiger partial charge in [-0.2, -0.15) is 0 Å². The molecule has 0 unspecified atom stereocenters. The Bertz CT molecular complexity index is 653. The molecule has 0 amide bonds. The molecule has 0 aliphatic carbocycles. The molecule has 0 bridgehead atoms. The quantitative estimate of drug-likeness (QED) is 0.940. The van der Waals surface area contributed by atoms with E-state index in [9.17, 15) is 4.39 Å². The Hall–Kier alpha value is -2.37. The molecule has 122 valence electrons. The van der Waals surface area contributed by atoms with Crippen LogP contribution >= 0.6 is 0 Å². The zero-order chi connectivity index (χ0) is 16.2. The van der Waals surface area contributed by atoms with Crippen molar-refractivity contribution in [3.05, 3.63) is 42.5 Å². The van der Waals surface area contributed by atoms with Gasteiger partial charge in [-0.3, -0.25) is 0 Å². The summed E-state index contributed by atoms with van der Waals surface area (Å²) in [5.41, 5.74) is 0.678. The molecule has 0 spiro atoms. The lowest BCUT2D eigenvalue weighted by Gasteiger charge is -2.36. The van der Waals surface area contributed by atoms with E-state index in [2.05, 4.69) is 38.9 Å². The van der Waals surface area contributed by atoms with Crippen molar-refractivity contribution < 1.29 is 4.39 Å². The van der Waals surface area contributed by atoms with E-state index in [0.29, 0.717) is 11.7 Å². The number of rotatable bonds is 4. The van der Waals surface area contributed by atoms with Gasteiger partial charge in [0.2, 0.25) is 0 Å². The van der Waals surface area contributed by atoms with Gasteiger partial charge in [0, 0.05) is 38.3 Å². The molecule has 1 aliphatic heterocycles. The summed E-state index contributed by atoms with van der Waals surface area (Å²) in [6.45, 7) is 7.33. The number of halogens is 1. The van der Waals surface area contributed by atoms with Crippen LogP contribution in [0.4, 0.5) is 21.7 Å². The van der Waals surface area contributed by atoms with Gasteiger partial charge in [-0.15, -0.1) is 0 Å². The molecule has 1 fully saturated rings. The first-order chi connectivity index (χ1) is 11.1. The van der Waals surface area contributed by atoms with E-state index in [0.717, 1.165) is 37.8 Å². The molecule has 1 saturated heterocycles. The van der Waals surface area contributed by atoms with E-state index in [4.69, 9.17) is 0 Å². The van der Waals surface area contributed by atoms with E-state index in [1.165, 1.54) is 6.07 Å². The highest BCUT2D eigenvalue weighted by Gasteiger charge is 2.20. The molecule has 0 saturated carbocycles. The zero-order valence-electron chi connectivity index (χ0n) is 13.5. The van der Waals surface area contributed by atoms with Gasteiger partial charge in [0.1, 0.15) is 23.8 Å². The highest BCUT2D eigenvalue weighted by molar-refractivity contribution is 5.52. The monoisotopic (exact) mass is 315 g/mol. The van der Waals surface area contributed by atoms with Crippen molar-refractivity contribution in [2.24, 2.45) is 0 Å². The summed E-state index contributed by atoms with van der Waals surface area (Å²) in [5.74, 6) is 1.59. The number of aromatic nitrogens is 2. The minimum absolute atomic E-state index is 0.161. The molecule has 1 aliphatic rings. The molecule has 0 atom stereocenters. The third kappa shape index (κ3) is 3.70. The Labute approximate surface area is 136 Å². The van der Waals surface area contributed by atoms with Crippen LogP contribution in [-0.2, 0) is 0 Å². The predicted molar refractivity (Wildman–Crippen MR) is 91.6 cm³/mol. The van der Waals surface area contributed by atoms with Gasteiger partial charge in [-0.25, -0.2) is 14.4 Å². The fourth-order valence-corrected chi connectivity index (χ4v) is 2.78. The second-order valence-corrected chi connectivity index (χ2v) is 5.99. The molecule has 23 heavy (non-hydrogen) atoms. The maximum Gasteiger partial charge on any atom is 0.146 e. The van der Waals surface area contributed by atoms with Gasteiger partial charge in [0.15, 0.2) is 0 Å². The summed E-state index contributed by atoms with van der Waals surface area (Å²) >= 11 is 0. The Balaban J connectivity index is 1.66. The molecule has 2 aromatic rings. The number of hydrogen-bond donors (Lipinski definition) is 1. The van der Waals surface area contributed by atoms with Crippen LogP contribution < -0.4 is 15.1 Å². The van der Waals surface area contributed by atoms with E-state index in [-0.39, 0.29) is 5.82 Å². The maximum absolute atomic E-state index is 13.9. The highest BCUT2D eigenvalue weighted by atomic mass is 19.1. The van der Waals surface area contributed by atoms with Gasteiger partial charge < -0.3 is 15.1 Å². The number of nitrogens with one attached hydrogen (secondary N) is 1. The van der Waals surface area contributed by atoms with E-state index >= 15 is 0 Å². The molecular weight excluding hydrogens is 293 g/mol. The minimum Gasteiger partial charge on any atom is -0.368 e. The van der Waals surface area contributed by atoms with Gasteiger partial charge in [-0.1, -0.05) is 12.1 Å². The molecule has 1 N–H and O–H groups in total. The Morgan fingerprint density at radius 3 is 2.43 bits per heavy atom. The van der Waals surface area contributed by atoms with Crippen LogP contribution in [0.1, 0.15) is 13.8 Å². The van der Waals surface area contributed by atoms with Gasteiger partial charge in [0.05, 0.1) is 5.69 Å². The second kappa shape index (κ2) is 6.81. The maximum atomic E-state index is 13.9. The summed E-state index contributed by atoms with van der Waals surface area (Å²) in [7, 11) is 0. The second-order valence-electron chi connectivity index (χ2n) is 5.99. The van der Waals surface area contributed by atoms with Crippen molar-refractivity contribution >= 4 is 17.3 Å². The number of anilines is 3. The van der Waals surface area contributed by atoms with Gasteiger partial charge in [-0.05, 0) is 26.0 Å². The van der Waals surface area contributed by atoms with E-state index in [1.54, 1.807) is 12.4 Å². The largest absolute Gasteiger partial charge is 0.368 e. The smallest absolute Gasteiger partial charge is 0.146 e.